The smallest absolute Gasteiger partial charge is 0.161 e. The summed E-state index contributed by atoms with van der Waals surface area (Å²) in [4.78, 5) is 2.47. The highest BCUT2D eigenvalue weighted by Crippen LogP contribution is 2.32. The van der Waals surface area contributed by atoms with E-state index in [1.807, 2.05) is 24.3 Å². The maximum absolute atomic E-state index is 6.02. The van der Waals surface area contributed by atoms with Crippen LogP contribution in [0.3, 0.4) is 0 Å². The lowest BCUT2D eigenvalue weighted by Gasteiger charge is -2.23. The van der Waals surface area contributed by atoms with E-state index < -0.39 is 0 Å². The second-order valence-corrected chi connectivity index (χ2v) is 7.23. The number of hydrogen-bond acceptors (Lipinski definition) is 4. The number of likely N-dealkylation sites (tertiary alicyclic amines) is 1. The number of methoxy groups -OCH3 is 1. The van der Waals surface area contributed by atoms with Gasteiger partial charge in [0.2, 0.25) is 0 Å². The molecule has 1 fully saturated rings. The molecule has 1 saturated heterocycles. The highest BCUT2D eigenvalue weighted by molar-refractivity contribution is 5.85. The average molecular weight is 377 g/mol. The molecule has 0 bridgehead atoms. The van der Waals surface area contributed by atoms with Crippen LogP contribution >= 0.6 is 12.4 Å². The molecule has 2 N–H and O–H groups in total. The molecule has 1 aliphatic heterocycles. The molecule has 2 aromatic rings. The van der Waals surface area contributed by atoms with E-state index in [0.717, 1.165) is 49.7 Å². The third kappa shape index (κ3) is 5.13. The third-order valence-corrected chi connectivity index (χ3v) is 5.00. The van der Waals surface area contributed by atoms with Crippen molar-refractivity contribution in [1.82, 2.24) is 4.90 Å². The number of nitrogens with two attached hydrogens (primary N) is 1. The Hall–Kier alpha value is -1.75. The molecular weight excluding hydrogens is 348 g/mol. The molecule has 1 atom stereocenters. The topological polar surface area (TPSA) is 47.7 Å². The first-order chi connectivity index (χ1) is 12.1. The lowest BCUT2D eigenvalue weighted by atomic mass is 9.90. The van der Waals surface area contributed by atoms with Crippen molar-refractivity contribution in [3.63, 3.8) is 0 Å². The van der Waals surface area contributed by atoms with E-state index in [0.29, 0.717) is 6.61 Å². The molecule has 4 nitrogen and oxygen atoms in total. The zero-order valence-corrected chi connectivity index (χ0v) is 16.4. The Kier molecular flexibility index (Phi) is 7.33. The Bertz CT molecular complexity index is 696. The maximum Gasteiger partial charge on any atom is 0.161 e. The van der Waals surface area contributed by atoms with Gasteiger partial charge in [-0.3, -0.25) is 4.90 Å². The van der Waals surface area contributed by atoms with Crippen LogP contribution in [0.5, 0.6) is 11.5 Å². The number of nitrogens with zero attached hydrogens (tertiary/aromatic N) is 1. The van der Waals surface area contributed by atoms with E-state index >= 15 is 0 Å². The van der Waals surface area contributed by atoms with Crippen LogP contribution in [-0.2, 0) is 13.2 Å². The van der Waals surface area contributed by atoms with Crippen LogP contribution in [0.1, 0.15) is 24.5 Å². The highest BCUT2D eigenvalue weighted by atomic mass is 35.5. The normalized spacial score (nSPS) is 19.8. The standard InChI is InChI=1S/C21H28N2O2.ClH/c1-21(15-22)10-11-23(16-21)13-18-8-9-19(24-2)20(12-18)25-14-17-6-4-3-5-7-17;/h3-9,12H,10-11,13-16,22H2,1-2H3;1H. The summed E-state index contributed by atoms with van der Waals surface area (Å²) in [6.07, 6.45) is 1.16. The van der Waals surface area contributed by atoms with E-state index in [1.165, 1.54) is 5.56 Å². The van der Waals surface area contributed by atoms with Gasteiger partial charge in [0, 0.05) is 13.1 Å². The summed E-state index contributed by atoms with van der Waals surface area (Å²) >= 11 is 0. The summed E-state index contributed by atoms with van der Waals surface area (Å²) in [6, 6.07) is 16.4. The molecule has 26 heavy (non-hydrogen) atoms. The molecule has 0 radical (unpaired) electrons. The van der Waals surface area contributed by atoms with Crippen LogP contribution < -0.4 is 15.2 Å². The fraction of sp³-hybridized carbons (Fsp3) is 0.429. The van der Waals surface area contributed by atoms with Crippen LogP contribution in [0, 0.1) is 5.41 Å². The zero-order valence-electron chi connectivity index (χ0n) is 15.6. The second kappa shape index (κ2) is 9.26. The molecule has 0 aromatic heterocycles. The number of rotatable bonds is 7. The molecular formula is C21H29ClN2O2. The summed E-state index contributed by atoms with van der Waals surface area (Å²) in [5.41, 5.74) is 8.55. The van der Waals surface area contributed by atoms with Gasteiger partial charge in [0.15, 0.2) is 11.5 Å². The van der Waals surface area contributed by atoms with Crippen molar-refractivity contribution >= 4 is 12.4 Å². The van der Waals surface area contributed by atoms with Gasteiger partial charge < -0.3 is 15.2 Å². The van der Waals surface area contributed by atoms with Crippen molar-refractivity contribution in [3.8, 4) is 11.5 Å². The lowest BCUT2D eigenvalue weighted by molar-refractivity contribution is 0.270. The van der Waals surface area contributed by atoms with Gasteiger partial charge in [-0.05, 0) is 48.2 Å². The number of benzene rings is 2. The minimum atomic E-state index is 0. The second-order valence-electron chi connectivity index (χ2n) is 7.23. The molecule has 1 aliphatic rings. The van der Waals surface area contributed by atoms with Gasteiger partial charge >= 0.3 is 0 Å². The van der Waals surface area contributed by atoms with Gasteiger partial charge in [-0.2, -0.15) is 0 Å². The van der Waals surface area contributed by atoms with Crippen molar-refractivity contribution in [2.45, 2.75) is 26.5 Å². The molecule has 2 aromatic carbocycles. The summed E-state index contributed by atoms with van der Waals surface area (Å²) in [7, 11) is 1.68. The number of hydrogen-bond donors (Lipinski definition) is 1. The maximum atomic E-state index is 6.02. The van der Waals surface area contributed by atoms with Crippen molar-refractivity contribution < 1.29 is 9.47 Å². The van der Waals surface area contributed by atoms with E-state index in [-0.39, 0.29) is 17.8 Å². The van der Waals surface area contributed by atoms with Crippen molar-refractivity contribution in [2.24, 2.45) is 11.1 Å². The minimum Gasteiger partial charge on any atom is -0.493 e. The molecule has 5 heteroatoms. The van der Waals surface area contributed by atoms with Crippen LogP contribution in [0.4, 0.5) is 0 Å². The molecule has 142 valence electrons. The molecule has 1 heterocycles. The van der Waals surface area contributed by atoms with Crippen molar-refractivity contribution in [3.05, 3.63) is 59.7 Å². The Morgan fingerprint density at radius 2 is 1.85 bits per heavy atom. The predicted octanol–water partition coefficient (Wildman–Crippen LogP) is 3.87. The first-order valence-corrected chi connectivity index (χ1v) is 8.88. The van der Waals surface area contributed by atoms with Crippen molar-refractivity contribution in [1.29, 1.82) is 0 Å². The summed E-state index contributed by atoms with van der Waals surface area (Å²) in [6.45, 7) is 6.62. The van der Waals surface area contributed by atoms with E-state index in [9.17, 15) is 0 Å². The molecule has 0 spiro atoms. The molecule has 3 rings (SSSR count). The highest BCUT2D eigenvalue weighted by Gasteiger charge is 2.32. The van der Waals surface area contributed by atoms with E-state index in [4.69, 9.17) is 15.2 Å². The lowest BCUT2D eigenvalue weighted by Crippen LogP contribution is -2.31. The summed E-state index contributed by atoms with van der Waals surface area (Å²) in [5, 5.41) is 0. The largest absolute Gasteiger partial charge is 0.493 e. The Balaban J connectivity index is 0.00000243. The monoisotopic (exact) mass is 376 g/mol. The molecule has 0 saturated carbocycles. The van der Waals surface area contributed by atoms with Crippen LogP contribution in [0.25, 0.3) is 0 Å². The Morgan fingerprint density at radius 3 is 2.50 bits per heavy atom. The van der Waals surface area contributed by atoms with Gasteiger partial charge in [-0.1, -0.05) is 43.3 Å². The van der Waals surface area contributed by atoms with Gasteiger partial charge in [0.25, 0.3) is 0 Å². The van der Waals surface area contributed by atoms with Gasteiger partial charge in [-0.15, -0.1) is 12.4 Å². The van der Waals surface area contributed by atoms with Gasteiger partial charge in [-0.25, -0.2) is 0 Å². The van der Waals surface area contributed by atoms with Crippen LogP contribution in [-0.4, -0.2) is 31.6 Å². The fourth-order valence-electron chi connectivity index (χ4n) is 3.35. The first-order valence-electron chi connectivity index (χ1n) is 8.88. The SMILES string of the molecule is COc1ccc(CN2CCC(C)(CN)C2)cc1OCc1ccccc1.Cl. The average Bonchev–Trinajstić information content (AvgIpc) is 3.02. The third-order valence-electron chi connectivity index (χ3n) is 5.00. The predicted molar refractivity (Wildman–Crippen MR) is 108 cm³/mol. The van der Waals surface area contributed by atoms with E-state index in [2.05, 4.69) is 36.1 Å². The minimum absolute atomic E-state index is 0. The fourth-order valence-corrected chi connectivity index (χ4v) is 3.35. The Labute approximate surface area is 162 Å². The summed E-state index contributed by atoms with van der Waals surface area (Å²) in [5.74, 6) is 1.57. The molecule has 0 aliphatic carbocycles. The Morgan fingerprint density at radius 1 is 1.08 bits per heavy atom. The molecule has 0 amide bonds. The summed E-state index contributed by atoms with van der Waals surface area (Å²) < 4.78 is 11.5. The van der Waals surface area contributed by atoms with Crippen LogP contribution in [0.15, 0.2) is 48.5 Å². The molecule has 1 unspecified atom stereocenters. The van der Waals surface area contributed by atoms with Gasteiger partial charge in [0.1, 0.15) is 6.61 Å². The quantitative estimate of drug-likeness (QED) is 0.796. The number of ether oxygens (including phenoxy) is 2. The van der Waals surface area contributed by atoms with E-state index in [1.54, 1.807) is 7.11 Å². The van der Waals surface area contributed by atoms with Gasteiger partial charge in [0.05, 0.1) is 7.11 Å². The van der Waals surface area contributed by atoms with Crippen molar-refractivity contribution in [2.75, 3.05) is 26.7 Å². The first kappa shape index (κ1) is 20.6. The zero-order chi connectivity index (χ0) is 17.7. The van der Waals surface area contributed by atoms with Crippen LogP contribution in [0.2, 0.25) is 0 Å². The number of halogens is 1.